The summed E-state index contributed by atoms with van der Waals surface area (Å²) in [6, 6.07) is 7.67. The van der Waals surface area contributed by atoms with Gasteiger partial charge in [-0.25, -0.2) is 0 Å². The summed E-state index contributed by atoms with van der Waals surface area (Å²) in [7, 11) is 3.85. The number of aromatic hydroxyl groups is 1. The van der Waals surface area contributed by atoms with Gasteiger partial charge in [0.1, 0.15) is 17.2 Å². The first kappa shape index (κ1) is 25.6. The number of ether oxygens (including phenoxy) is 2. The van der Waals surface area contributed by atoms with Gasteiger partial charge in [-0.15, -0.1) is 0 Å². The summed E-state index contributed by atoms with van der Waals surface area (Å²) in [4.78, 5) is 15.0. The molecule has 0 aromatic heterocycles. The van der Waals surface area contributed by atoms with Crippen LogP contribution in [0.15, 0.2) is 30.3 Å². The standard InChI is InChI=1S/C27H31F2N3O4/c1-27(28,29)36-19-10-11-24-22(14-19)30-16-25(35-24)26(34)31-21-15-23(33)20(17-7-4-5-8-17)13-18(21)9-6-12-32(2)3/h10-11,13-15,17,25,30,33H,4-5,7-8,12,16H2,1-3H3,(H,31,34)/t25-/m1/s1. The van der Waals surface area contributed by atoms with Crippen molar-refractivity contribution in [3.63, 3.8) is 0 Å². The molecule has 0 radical (unpaired) electrons. The molecular weight excluding hydrogens is 468 g/mol. The Hall–Kier alpha value is -3.51. The normalized spacial score (nSPS) is 17.4. The van der Waals surface area contributed by atoms with Crippen LogP contribution in [0.2, 0.25) is 0 Å². The largest absolute Gasteiger partial charge is 0.508 e. The lowest BCUT2D eigenvalue weighted by Gasteiger charge is -2.27. The molecule has 9 heteroatoms. The van der Waals surface area contributed by atoms with E-state index in [0.717, 1.165) is 31.2 Å². The zero-order valence-corrected chi connectivity index (χ0v) is 20.7. The van der Waals surface area contributed by atoms with Crippen molar-refractivity contribution >= 4 is 17.3 Å². The fourth-order valence-electron chi connectivity index (χ4n) is 4.45. The maximum atomic E-state index is 13.1. The van der Waals surface area contributed by atoms with Crippen LogP contribution in [-0.2, 0) is 4.79 Å². The van der Waals surface area contributed by atoms with Crippen molar-refractivity contribution in [3.8, 4) is 29.1 Å². The highest BCUT2D eigenvalue weighted by molar-refractivity contribution is 5.96. The molecule has 1 saturated carbocycles. The Morgan fingerprint density at radius 1 is 1.28 bits per heavy atom. The van der Waals surface area contributed by atoms with Gasteiger partial charge in [-0.1, -0.05) is 24.7 Å². The van der Waals surface area contributed by atoms with E-state index in [1.54, 1.807) is 6.07 Å². The Balaban J connectivity index is 1.52. The van der Waals surface area contributed by atoms with Gasteiger partial charge in [0.25, 0.3) is 5.91 Å². The van der Waals surface area contributed by atoms with Crippen LogP contribution in [0.5, 0.6) is 17.2 Å². The molecule has 4 rings (SSSR count). The van der Waals surface area contributed by atoms with Crippen molar-refractivity contribution < 1.29 is 28.2 Å². The summed E-state index contributed by atoms with van der Waals surface area (Å²) in [5, 5.41) is 16.6. The number of hydrogen-bond donors (Lipinski definition) is 3. The van der Waals surface area contributed by atoms with E-state index in [1.807, 2.05) is 25.1 Å². The van der Waals surface area contributed by atoms with Crippen molar-refractivity contribution in [2.24, 2.45) is 0 Å². The molecule has 192 valence electrons. The van der Waals surface area contributed by atoms with Gasteiger partial charge in [0.05, 0.1) is 24.5 Å². The fourth-order valence-corrected chi connectivity index (χ4v) is 4.45. The second-order valence-corrected chi connectivity index (χ2v) is 9.52. The van der Waals surface area contributed by atoms with E-state index in [2.05, 4.69) is 27.2 Å². The lowest BCUT2D eigenvalue weighted by molar-refractivity contribution is -0.158. The van der Waals surface area contributed by atoms with Gasteiger partial charge in [0.15, 0.2) is 6.10 Å². The van der Waals surface area contributed by atoms with Crippen LogP contribution in [0.4, 0.5) is 20.2 Å². The van der Waals surface area contributed by atoms with E-state index in [4.69, 9.17) is 4.74 Å². The third-order valence-corrected chi connectivity index (χ3v) is 6.13. The van der Waals surface area contributed by atoms with Crippen molar-refractivity contribution in [2.45, 2.75) is 50.7 Å². The number of halogens is 2. The summed E-state index contributed by atoms with van der Waals surface area (Å²) in [5.41, 5.74) is 2.36. The number of nitrogens with zero attached hydrogens (tertiary/aromatic N) is 1. The van der Waals surface area contributed by atoms with E-state index >= 15 is 0 Å². The van der Waals surface area contributed by atoms with Crippen LogP contribution in [0.25, 0.3) is 0 Å². The summed E-state index contributed by atoms with van der Waals surface area (Å²) >= 11 is 0. The minimum Gasteiger partial charge on any atom is -0.508 e. The molecule has 0 spiro atoms. The molecule has 1 fully saturated rings. The number of phenolic OH excluding ortho intramolecular Hbond substituents is 1. The number of nitrogens with one attached hydrogen (secondary N) is 2. The first-order chi connectivity index (χ1) is 17.1. The number of phenols is 1. The number of hydrogen-bond acceptors (Lipinski definition) is 6. The molecule has 1 atom stereocenters. The molecule has 7 nitrogen and oxygen atoms in total. The molecule has 3 N–H and O–H groups in total. The van der Waals surface area contributed by atoms with Crippen LogP contribution >= 0.6 is 0 Å². The molecule has 2 aromatic rings. The highest BCUT2D eigenvalue weighted by atomic mass is 19.3. The Bertz CT molecular complexity index is 1180. The lowest BCUT2D eigenvalue weighted by atomic mass is 9.94. The average molecular weight is 500 g/mol. The van der Waals surface area contributed by atoms with Gasteiger partial charge >= 0.3 is 6.11 Å². The van der Waals surface area contributed by atoms with Gasteiger partial charge in [0, 0.05) is 24.6 Å². The molecule has 1 aliphatic heterocycles. The Kier molecular flexibility index (Phi) is 7.55. The van der Waals surface area contributed by atoms with Crippen LogP contribution in [0.3, 0.4) is 0 Å². The smallest absolute Gasteiger partial charge is 0.394 e. The monoisotopic (exact) mass is 499 g/mol. The quantitative estimate of drug-likeness (QED) is 0.497. The summed E-state index contributed by atoms with van der Waals surface area (Å²) in [6.07, 6.45) is 0.119. The molecule has 0 saturated heterocycles. The van der Waals surface area contributed by atoms with Crippen molar-refractivity contribution in [2.75, 3.05) is 37.8 Å². The predicted octanol–water partition coefficient (Wildman–Crippen LogP) is 4.77. The van der Waals surface area contributed by atoms with E-state index in [9.17, 15) is 18.7 Å². The van der Waals surface area contributed by atoms with Crippen molar-refractivity contribution in [1.29, 1.82) is 0 Å². The van der Waals surface area contributed by atoms with Crippen molar-refractivity contribution in [1.82, 2.24) is 4.90 Å². The molecular formula is C27H31F2N3O4. The third kappa shape index (κ3) is 6.38. The summed E-state index contributed by atoms with van der Waals surface area (Å²) in [6.45, 7) is 1.34. The topological polar surface area (TPSA) is 83.1 Å². The number of fused-ring (bicyclic) bond motifs is 1. The first-order valence-electron chi connectivity index (χ1n) is 12.0. The molecule has 36 heavy (non-hydrogen) atoms. The highest BCUT2D eigenvalue weighted by Gasteiger charge is 2.29. The molecule has 1 aliphatic carbocycles. The van der Waals surface area contributed by atoms with Gasteiger partial charge in [-0.2, -0.15) is 8.78 Å². The predicted molar refractivity (Wildman–Crippen MR) is 134 cm³/mol. The van der Waals surface area contributed by atoms with Gasteiger partial charge in [-0.05, 0) is 56.6 Å². The zero-order chi connectivity index (χ0) is 25.9. The number of alkyl halides is 2. The number of rotatable bonds is 6. The van der Waals surface area contributed by atoms with Crippen molar-refractivity contribution in [3.05, 3.63) is 41.5 Å². The summed E-state index contributed by atoms with van der Waals surface area (Å²) < 4.78 is 36.7. The summed E-state index contributed by atoms with van der Waals surface area (Å²) in [5.74, 6) is 6.57. The maximum Gasteiger partial charge on any atom is 0.394 e. The molecule has 1 amide bonds. The van der Waals surface area contributed by atoms with E-state index < -0.39 is 18.1 Å². The highest BCUT2D eigenvalue weighted by Crippen LogP contribution is 2.41. The van der Waals surface area contributed by atoms with Crippen LogP contribution < -0.4 is 20.1 Å². The number of carbonyl (C=O) groups excluding carboxylic acids is 1. The zero-order valence-electron chi connectivity index (χ0n) is 20.7. The third-order valence-electron chi connectivity index (χ3n) is 6.13. The van der Waals surface area contributed by atoms with Gasteiger partial charge in [0.2, 0.25) is 0 Å². The number of carbonyl (C=O) groups is 1. The Morgan fingerprint density at radius 2 is 2.03 bits per heavy atom. The molecule has 2 aliphatic rings. The molecule has 1 heterocycles. The van der Waals surface area contributed by atoms with Gasteiger partial charge in [-0.3, -0.25) is 9.69 Å². The fraction of sp³-hybridized carbons (Fsp3) is 0.444. The van der Waals surface area contributed by atoms with Gasteiger partial charge < -0.3 is 25.2 Å². The van der Waals surface area contributed by atoms with Crippen LogP contribution in [0.1, 0.15) is 49.7 Å². The number of amides is 1. The molecule has 2 aromatic carbocycles. The number of benzene rings is 2. The minimum absolute atomic E-state index is 0.0148. The Morgan fingerprint density at radius 3 is 2.72 bits per heavy atom. The van der Waals surface area contributed by atoms with E-state index in [1.165, 1.54) is 18.2 Å². The lowest BCUT2D eigenvalue weighted by Crippen LogP contribution is -2.41. The molecule has 0 bridgehead atoms. The number of anilines is 2. The molecule has 0 unspecified atom stereocenters. The maximum absolute atomic E-state index is 13.1. The van der Waals surface area contributed by atoms with Crippen LogP contribution in [-0.4, -0.2) is 55.3 Å². The van der Waals surface area contributed by atoms with E-state index in [0.29, 0.717) is 36.2 Å². The minimum atomic E-state index is -3.31. The Labute approximate surface area is 209 Å². The first-order valence-corrected chi connectivity index (χ1v) is 12.0. The second-order valence-electron chi connectivity index (χ2n) is 9.52. The average Bonchev–Trinajstić information content (AvgIpc) is 3.33. The van der Waals surface area contributed by atoms with E-state index in [-0.39, 0.29) is 24.0 Å². The van der Waals surface area contributed by atoms with Crippen LogP contribution in [0, 0.1) is 11.8 Å². The SMILES string of the molecule is CN(C)CC#Cc1cc(C2CCCC2)c(O)cc1NC(=O)[C@H]1CNc2cc(OC(C)(F)F)ccc2O1. The second kappa shape index (κ2) is 10.6.